The standard InChI is InChI=1S/C8H15N3O/c1-3-4-9-8(12)11-6-5-10(2)7-11/h5-6H,3-4,7H2,1-2H3,(H,9,12). The van der Waals surface area contributed by atoms with Crippen molar-refractivity contribution in [1.29, 1.82) is 0 Å². The highest BCUT2D eigenvalue weighted by Crippen LogP contribution is 2.02. The fourth-order valence-electron chi connectivity index (χ4n) is 0.994. The maximum absolute atomic E-state index is 11.3. The highest BCUT2D eigenvalue weighted by molar-refractivity contribution is 5.75. The van der Waals surface area contributed by atoms with E-state index in [1.807, 2.05) is 25.1 Å². The molecule has 0 unspecified atom stereocenters. The lowest BCUT2D eigenvalue weighted by atomic mass is 10.5. The Labute approximate surface area is 72.8 Å². The maximum Gasteiger partial charge on any atom is 0.322 e. The highest BCUT2D eigenvalue weighted by atomic mass is 16.2. The van der Waals surface area contributed by atoms with E-state index >= 15 is 0 Å². The number of hydrogen-bond donors (Lipinski definition) is 1. The second kappa shape index (κ2) is 3.99. The Morgan fingerprint density at radius 3 is 2.83 bits per heavy atom. The topological polar surface area (TPSA) is 35.6 Å². The molecular formula is C8H15N3O. The van der Waals surface area contributed by atoms with Crippen LogP contribution >= 0.6 is 0 Å². The molecule has 0 bridgehead atoms. The van der Waals surface area contributed by atoms with Crippen molar-refractivity contribution in [3.63, 3.8) is 0 Å². The summed E-state index contributed by atoms with van der Waals surface area (Å²) in [6, 6.07) is -0.0162. The second-order valence-corrected chi connectivity index (χ2v) is 2.90. The minimum absolute atomic E-state index is 0.0162. The number of rotatable bonds is 2. The van der Waals surface area contributed by atoms with Crippen LogP contribution in [0.1, 0.15) is 13.3 Å². The molecule has 0 aromatic carbocycles. The molecule has 0 saturated carbocycles. The van der Waals surface area contributed by atoms with Crippen molar-refractivity contribution in [2.75, 3.05) is 20.3 Å². The normalized spacial score (nSPS) is 15.5. The van der Waals surface area contributed by atoms with Gasteiger partial charge in [0.2, 0.25) is 0 Å². The molecule has 0 radical (unpaired) electrons. The Kier molecular flexibility index (Phi) is 2.96. The molecule has 1 aliphatic heterocycles. The van der Waals surface area contributed by atoms with Gasteiger partial charge in [-0.15, -0.1) is 0 Å². The third-order valence-corrected chi connectivity index (χ3v) is 1.66. The number of nitrogens with zero attached hydrogens (tertiary/aromatic N) is 2. The molecule has 12 heavy (non-hydrogen) atoms. The number of hydrogen-bond acceptors (Lipinski definition) is 2. The molecule has 1 N–H and O–H groups in total. The Hall–Kier alpha value is -1.19. The zero-order valence-electron chi connectivity index (χ0n) is 7.58. The van der Waals surface area contributed by atoms with Crippen molar-refractivity contribution in [2.24, 2.45) is 0 Å². The molecule has 4 nitrogen and oxygen atoms in total. The summed E-state index contributed by atoms with van der Waals surface area (Å²) in [6.45, 7) is 3.43. The van der Waals surface area contributed by atoms with Crippen molar-refractivity contribution in [3.8, 4) is 0 Å². The molecule has 0 atom stereocenters. The molecule has 0 aromatic heterocycles. The molecule has 1 rings (SSSR count). The SMILES string of the molecule is CCCNC(=O)N1C=CN(C)C1. The molecule has 0 aliphatic carbocycles. The van der Waals surface area contributed by atoms with E-state index in [4.69, 9.17) is 0 Å². The van der Waals surface area contributed by atoms with Crippen molar-refractivity contribution >= 4 is 6.03 Å². The minimum Gasteiger partial charge on any atom is -0.361 e. The van der Waals surface area contributed by atoms with Crippen LogP contribution in [0.2, 0.25) is 0 Å². The van der Waals surface area contributed by atoms with Gasteiger partial charge in [-0.2, -0.15) is 0 Å². The van der Waals surface area contributed by atoms with E-state index in [-0.39, 0.29) is 6.03 Å². The van der Waals surface area contributed by atoms with Gasteiger partial charge >= 0.3 is 6.03 Å². The number of carbonyl (C=O) groups excluding carboxylic acids is 1. The van der Waals surface area contributed by atoms with Crippen LogP contribution in [0.25, 0.3) is 0 Å². The molecule has 0 fully saturated rings. The van der Waals surface area contributed by atoms with Crippen LogP contribution in [0, 0.1) is 0 Å². The fourth-order valence-corrected chi connectivity index (χ4v) is 0.994. The third-order valence-electron chi connectivity index (χ3n) is 1.66. The van der Waals surface area contributed by atoms with E-state index in [1.54, 1.807) is 11.1 Å². The van der Waals surface area contributed by atoms with Crippen molar-refractivity contribution in [1.82, 2.24) is 15.1 Å². The molecule has 1 aliphatic rings. The summed E-state index contributed by atoms with van der Waals surface area (Å²) in [7, 11) is 1.93. The third kappa shape index (κ3) is 2.15. The second-order valence-electron chi connectivity index (χ2n) is 2.90. The van der Waals surface area contributed by atoms with Crippen molar-refractivity contribution < 1.29 is 4.79 Å². The van der Waals surface area contributed by atoms with Crippen molar-refractivity contribution in [2.45, 2.75) is 13.3 Å². The first kappa shape index (κ1) is 8.90. The predicted octanol–water partition coefficient (Wildman–Crippen LogP) is 0.782. The molecule has 4 heteroatoms. The van der Waals surface area contributed by atoms with E-state index < -0.39 is 0 Å². The average molecular weight is 169 g/mol. The zero-order chi connectivity index (χ0) is 8.97. The molecule has 1 heterocycles. The summed E-state index contributed by atoms with van der Waals surface area (Å²) >= 11 is 0. The van der Waals surface area contributed by atoms with Crippen LogP contribution in [0.3, 0.4) is 0 Å². The lowest BCUT2D eigenvalue weighted by molar-refractivity contribution is 0.207. The van der Waals surface area contributed by atoms with E-state index in [2.05, 4.69) is 5.32 Å². The van der Waals surface area contributed by atoms with Crippen LogP contribution in [-0.4, -0.2) is 36.1 Å². The molecule has 0 aromatic rings. The number of nitrogens with one attached hydrogen (secondary N) is 1. The number of carbonyl (C=O) groups is 1. The van der Waals surface area contributed by atoms with Gasteiger partial charge < -0.3 is 10.2 Å². The van der Waals surface area contributed by atoms with Gasteiger partial charge in [-0.1, -0.05) is 6.92 Å². The first-order valence-electron chi connectivity index (χ1n) is 4.17. The van der Waals surface area contributed by atoms with Crippen LogP contribution in [0.15, 0.2) is 12.4 Å². The van der Waals surface area contributed by atoms with Gasteiger partial charge in [0.05, 0.1) is 6.67 Å². The number of urea groups is 1. The van der Waals surface area contributed by atoms with E-state index in [9.17, 15) is 4.79 Å². The van der Waals surface area contributed by atoms with Crippen LogP contribution in [-0.2, 0) is 0 Å². The average Bonchev–Trinajstić information content (AvgIpc) is 2.47. The van der Waals surface area contributed by atoms with E-state index in [1.165, 1.54) is 0 Å². The van der Waals surface area contributed by atoms with Crippen LogP contribution < -0.4 is 5.32 Å². The Morgan fingerprint density at radius 2 is 2.33 bits per heavy atom. The van der Waals surface area contributed by atoms with Gasteiger partial charge in [-0.25, -0.2) is 4.79 Å². The fraction of sp³-hybridized carbons (Fsp3) is 0.625. The lowest BCUT2D eigenvalue weighted by Gasteiger charge is -2.16. The Balaban J connectivity index is 2.29. The van der Waals surface area contributed by atoms with Crippen LogP contribution in [0.5, 0.6) is 0 Å². The van der Waals surface area contributed by atoms with Gasteiger partial charge in [0.25, 0.3) is 0 Å². The van der Waals surface area contributed by atoms with Crippen LogP contribution in [0.4, 0.5) is 4.79 Å². The number of amides is 2. The molecule has 2 amide bonds. The monoisotopic (exact) mass is 169 g/mol. The summed E-state index contributed by atoms with van der Waals surface area (Å²) in [5.74, 6) is 0. The highest BCUT2D eigenvalue weighted by Gasteiger charge is 2.14. The van der Waals surface area contributed by atoms with Gasteiger partial charge in [0.15, 0.2) is 0 Å². The summed E-state index contributed by atoms with van der Waals surface area (Å²) in [5, 5.41) is 2.80. The smallest absolute Gasteiger partial charge is 0.322 e. The predicted molar refractivity (Wildman–Crippen MR) is 47.3 cm³/mol. The first-order valence-corrected chi connectivity index (χ1v) is 4.17. The summed E-state index contributed by atoms with van der Waals surface area (Å²) in [4.78, 5) is 14.9. The van der Waals surface area contributed by atoms with E-state index in [0.717, 1.165) is 13.0 Å². The van der Waals surface area contributed by atoms with E-state index in [0.29, 0.717) is 6.67 Å². The van der Waals surface area contributed by atoms with Gasteiger partial charge in [0.1, 0.15) is 0 Å². The minimum atomic E-state index is -0.0162. The molecular weight excluding hydrogens is 154 g/mol. The van der Waals surface area contributed by atoms with Gasteiger partial charge in [-0.05, 0) is 6.42 Å². The maximum atomic E-state index is 11.3. The lowest BCUT2D eigenvalue weighted by Crippen LogP contribution is -2.37. The summed E-state index contributed by atoms with van der Waals surface area (Å²) in [5.41, 5.74) is 0. The summed E-state index contributed by atoms with van der Waals surface area (Å²) in [6.07, 6.45) is 4.63. The summed E-state index contributed by atoms with van der Waals surface area (Å²) < 4.78 is 0. The quantitative estimate of drug-likeness (QED) is 0.663. The van der Waals surface area contributed by atoms with Crippen molar-refractivity contribution in [3.05, 3.63) is 12.4 Å². The molecule has 0 spiro atoms. The zero-order valence-corrected chi connectivity index (χ0v) is 7.58. The largest absolute Gasteiger partial charge is 0.361 e. The van der Waals surface area contributed by atoms with Gasteiger partial charge in [0, 0.05) is 26.0 Å². The molecule has 68 valence electrons. The Morgan fingerprint density at radius 1 is 1.58 bits per heavy atom. The first-order chi connectivity index (χ1) is 5.74. The molecule has 0 saturated heterocycles. The van der Waals surface area contributed by atoms with Gasteiger partial charge in [-0.3, -0.25) is 4.90 Å². The Bertz CT molecular complexity index is 191.